The molecule has 0 radical (unpaired) electrons. The van der Waals surface area contributed by atoms with Gasteiger partial charge in [0.1, 0.15) is 31.0 Å². The summed E-state index contributed by atoms with van der Waals surface area (Å²) in [5.74, 6) is -2.66. The Morgan fingerprint density at radius 1 is 0.868 bits per heavy atom. The Morgan fingerprint density at radius 3 is 2.19 bits per heavy atom. The molecule has 5 aliphatic carbocycles. The largest absolute Gasteiger partial charge is 0.480 e. The van der Waals surface area contributed by atoms with E-state index in [9.17, 15) is 39.9 Å². The van der Waals surface area contributed by atoms with E-state index < -0.39 is 85.1 Å². The van der Waals surface area contributed by atoms with Gasteiger partial charge in [0.25, 0.3) is 6.29 Å². The highest BCUT2D eigenvalue weighted by Gasteiger charge is 2.70. The molecule has 13 nitrogen and oxygen atoms in total. The predicted molar refractivity (Wildman–Crippen MR) is 189 cm³/mol. The fraction of sp³-hybridized carbons (Fsp3) is 0.875. The third-order valence-electron chi connectivity index (χ3n) is 15.9. The topological polar surface area (TPSA) is 210 Å². The number of carboxylic acid groups (broad SMARTS) is 2. The third kappa shape index (κ3) is 6.38. The van der Waals surface area contributed by atoms with Crippen LogP contribution >= 0.6 is 0 Å². The number of carboxylic acids is 2. The fourth-order valence-corrected chi connectivity index (χ4v) is 12.7. The van der Waals surface area contributed by atoms with Crippen molar-refractivity contribution in [1.82, 2.24) is 0 Å². The molecule has 0 aromatic heterocycles. The van der Waals surface area contributed by atoms with Crippen LogP contribution in [0.5, 0.6) is 0 Å². The van der Waals surface area contributed by atoms with Crippen molar-refractivity contribution in [3.05, 3.63) is 11.6 Å². The zero-order valence-corrected chi connectivity index (χ0v) is 32.4. The lowest BCUT2D eigenvalue weighted by Crippen LogP contribution is -2.65. The normalized spacial score (nSPS) is 46.3. The van der Waals surface area contributed by atoms with E-state index in [-0.39, 0.29) is 33.5 Å². The van der Waals surface area contributed by atoms with E-state index >= 15 is 0 Å². The van der Waals surface area contributed by atoms with Crippen LogP contribution < -0.4 is 0 Å². The number of carbonyl (C=O) groups excluding carboxylic acids is 1. The van der Waals surface area contributed by atoms with Gasteiger partial charge < -0.3 is 49.6 Å². The number of hydrogen-bond acceptors (Lipinski definition) is 11. The lowest BCUT2D eigenvalue weighted by Gasteiger charge is -2.71. The van der Waals surface area contributed by atoms with Gasteiger partial charge in [0.05, 0.1) is 18.1 Å². The number of esters is 1. The van der Waals surface area contributed by atoms with Gasteiger partial charge in [-0.05, 0) is 109 Å². The Hall–Kier alpha value is -2.13. The molecule has 53 heavy (non-hydrogen) atoms. The molecular weight excluding hydrogens is 688 g/mol. The van der Waals surface area contributed by atoms with Crippen LogP contribution in [-0.2, 0) is 33.3 Å². The van der Waals surface area contributed by atoms with Crippen molar-refractivity contribution in [2.24, 2.45) is 50.2 Å². The average Bonchev–Trinajstić information content (AvgIpc) is 3.07. The SMILES string of the molecule is CC1(C)CC[C@]2(C(=O)O[C@@H]3O[C@H](CO)[C@@H](O)[C@H](O)[C@H]3O)CC[C@]3(C)C(=CC[C@@H]4[C@@]5(C)CC[C@H](O[C@H](OCC(=O)O)C(=O)O)C(C)(C)[C@@H]5CC[C@]43C)[C@@H]2C1. The van der Waals surface area contributed by atoms with E-state index in [1.165, 1.54) is 5.57 Å². The average molecular weight is 751 g/mol. The summed E-state index contributed by atoms with van der Waals surface area (Å²) >= 11 is 0. The fourth-order valence-electron chi connectivity index (χ4n) is 12.7. The molecule has 0 bridgehead atoms. The molecule has 300 valence electrons. The van der Waals surface area contributed by atoms with Crippen LogP contribution in [-0.4, -0.2) is 105 Å². The Bertz CT molecular complexity index is 1470. The van der Waals surface area contributed by atoms with Crippen molar-refractivity contribution < 1.29 is 64.0 Å². The van der Waals surface area contributed by atoms with Gasteiger partial charge >= 0.3 is 17.9 Å². The van der Waals surface area contributed by atoms with E-state index in [0.717, 1.165) is 44.9 Å². The summed E-state index contributed by atoms with van der Waals surface area (Å²) in [6, 6.07) is 0. The minimum Gasteiger partial charge on any atom is -0.480 e. The van der Waals surface area contributed by atoms with Crippen molar-refractivity contribution in [2.45, 2.75) is 156 Å². The Balaban J connectivity index is 1.29. The van der Waals surface area contributed by atoms with Gasteiger partial charge in [0.2, 0.25) is 6.29 Å². The molecule has 0 spiro atoms. The Kier molecular flexibility index (Phi) is 10.6. The van der Waals surface area contributed by atoms with Gasteiger partial charge in [-0.3, -0.25) is 4.79 Å². The zero-order valence-electron chi connectivity index (χ0n) is 32.4. The van der Waals surface area contributed by atoms with Crippen LogP contribution in [0.4, 0.5) is 0 Å². The molecule has 0 aromatic carbocycles. The number of rotatable bonds is 9. The highest BCUT2D eigenvalue weighted by atomic mass is 16.7. The summed E-state index contributed by atoms with van der Waals surface area (Å²) in [6.45, 7) is 14.6. The number of aliphatic hydroxyl groups is 4. The predicted octanol–water partition coefficient (Wildman–Crippen LogP) is 4.03. The number of aliphatic carboxylic acids is 2. The van der Waals surface area contributed by atoms with Crippen LogP contribution in [0.15, 0.2) is 11.6 Å². The van der Waals surface area contributed by atoms with Crippen molar-refractivity contribution >= 4 is 17.9 Å². The van der Waals surface area contributed by atoms with Crippen molar-refractivity contribution in [1.29, 1.82) is 0 Å². The van der Waals surface area contributed by atoms with Gasteiger partial charge in [-0.15, -0.1) is 0 Å². The first-order valence-corrected chi connectivity index (χ1v) is 19.5. The second-order valence-corrected chi connectivity index (χ2v) is 19.3. The molecule has 6 rings (SSSR count). The van der Waals surface area contributed by atoms with Crippen LogP contribution in [0.25, 0.3) is 0 Å². The number of allylic oxidation sites excluding steroid dienone is 2. The Morgan fingerprint density at radius 2 is 1.55 bits per heavy atom. The first-order valence-electron chi connectivity index (χ1n) is 19.5. The van der Waals surface area contributed by atoms with E-state index in [0.29, 0.717) is 25.2 Å². The van der Waals surface area contributed by atoms with Crippen LogP contribution in [0.2, 0.25) is 0 Å². The van der Waals surface area contributed by atoms with Crippen molar-refractivity contribution in [3.8, 4) is 0 Å². The van der Waals surface area contributed by atoms with Gasteiger partial charge in [-0.2, -0.15) is 0 Å². The summed E-state index contributed by atoms with van der Waals surface area (Å²) < 4.78 is 22.8. The highest BCUT2D eigenvalue weighted by Crippen LogP contribution is 2.76. The minimum atomic E-state index is -1.66. The molecule has 0 aromatic rings. The Labute approximate surface area is 312 Å². The summed E-state index contributed by atoms with van der Waals surface area (Å²) in [6.07, 6.45) is 0.469. The van der Waals surface area contributed by atoms with Gasteiger partial charge in [-0.1, -0.05) is 60.1 Å². The lowest BCUT2D eigenvalue weighted by molar-refractivity contribution is -0.297. The molecule has 0 unspecified atom stereocenters. The van der Waals surface area contributed by atoms with Crippen LogP contribution in [0.1, 0.15) is 113 Å². The van der Waals surface area contributed by atoms with Gasteiger partial charge in [0, 0.05) is 0 Å². The standard InChI is InChI=1S/C40H62O13/c1-35(2)14-16-40(34(49)53-32-30(46)29(45)28(44)23(19-41)51-32)17-15-38(6)21(22(40)18-35)8-9-25-37(5)12-11-26(52-33(31(47)48)50-20-27(42)43)36(3,4)24(37)10-13-39(25,38)7/h8,22-26,28-30,32-33,41,44-46H,9-20H2,1-7H3,(H,42,43)(H,47,48)/t22-,23+,24-,25+,26-,28+,29-,30+,32-,33-,37-,38+,39+,40-/m0/s1. The number of fused-ring (bicyclic) bond motifs is 7. The van der Waals surface area contributed by atoms with Gasteiger partial charge in [-0.25, -0.2) is 9.59 Å². The smallest absolute Gasteiger partial charge is 0.361 e. The minimum absolute atomic E-state index is 0.0253. The first kappa shape index (κ1) is 40.5. The quantitative estimate of drug-likeness (QED) is 0.112. The molecule has 6 N–H and O–H groups in total. The molecule has 14 atom stereocenters. The highest BCUT2D eigenvalue weighted by molar-refractivity contribution is 5.79. The molecule has 13 heteroatoms. The number of carbonyl (C=O) groups is 3. The molecular formula is C40H62O13. The van der Waals surface area contributed by atoms with Crippen LogP contribution in [0.3, 0.4) is 0 Å². The molecule has 6 aliphatic rings. The molecule has 1 heterocycles. The van der Waals surface area contributed by atoms with E-state index in [1.807, 2.05) is 0 Å². The van der Waals surface area contributed by atoms with Crippen LogP contribution in [0, 0.1) is 50.2 Å². The molecule has 4 saturated carbocycles. The maximum absolute atomic E-state index is 14.5. The molecule has 1 saturated heterocycles. The zero-order chi connectivity index (χ0) is 39.1. The second-order valence-electron chi connectivity index (χ2n) is 19.3. The van der Waals surface area contributed by atoms with E-state index in [1.54, 1.807) is 0 Å². The maximum atomic E-state index is 14.5. The van der Waals surface area contributed by atoms with E-state index in [2.05, 4.69) is 54.5 Å². The lowest BCUT2D eigenvalue weighted by atomic mass is 9.33. The summed E-state index contributed by atoms with van der Waals surface area (Å²) in [4.78, 5) is 37.6. The van der Waals surface area contributed by atoms with Crippen molar-refractivity contribution in [3.63, 3.8) is 0 Å². The molecule has 5 fully saturated rings. The molecule has 1 aliphatic heterocycles. The number of hydrogen-bond donors (Lipinski definition) is 6. The summed E-state index contributed by atoms with van der Waals surface area (Å²) in [5, 5.41) is 60.1. The van der Waals surface area contributed by atoms with E-state index in [4.69, 9.17) is 24.1 Å². The summed E-state index contributed by atoms with van der Waals surface area (Å²) in [5.41, 5.74) is -0.402. The second kappa shape index (κ2) is 13.8. The first-order chi connectivity index (χ1) is 24.6. The number of ether oxygens (including phenoxy) is 4. The number of aliphatic hydroxyl groups excluding tert-OH is 4. The summed E-state index contributed by atoms with van der Waals surface area (Å²) in [7, 11) is 0. The molecule has 0 amide bonds. The van der Waals surface area contributed by atoms with Gasteiger partial charge in [0.15, 0.2) is 0 Å². The third-order valence-corrected chi connectivity index (χ3v) is 15.9. The maximum Gasteiger partial charge on any atom is 0.361 e. The van der Waals surface area contributed by atoms with Crippen molar-refractivity contribution in [2.75, 3.05) is 13.2 Å². The monoisotopic (exact) mass is 750 g/mol.